The molecule has 1 aromatic carbocycles. The van der Waals surface area contributed by atoms with Crippen LogP contribution in [0, 0.1) is 17.3 Å². The number of carbonyl (C=O) groups excluding carboxylic acids is 3. The van der Waals surface area contributed by atoms with Crippen LogP contribution in [0.1, 0.15) is 89.3 Å². The minimum Gasteiger partial charge on any atom is -0.464 e. The first-order valence-electron chi connectivity index (χ1n) is 19.2. The van der Waals surface area contributed by atoms with Crippen LogP contribution in [-0.4, -0.2) is 76.3 Å². The van der Waals surface area contributed by atoms with Gasteiger partial charge in [0.05, 0.1) is 29.8 Å². The minimum atomic E-state index is -1.05. The van der Waals surface area contributed by atoms with Crippen LogP contribution in [0.5, 0.6) is 0 Å². The maximum Gasteiger partial charge on any atom is 0.324 e. The number of amides is 2. The van der Waals surface area contributed by atoms with Gasteiger partial charge in [0.25, 0.3) is 5.91 Å². The lowest BCUT2D eigenvalue weighted by Gasteiger charge is -2.37. The second kappa shape index (κ2) is 23.6. The Kier molecular flexibility index (Phi) is 22.0. The van der Waals surface area contributed by atoms with E-state index in [1.54, 1.807) is 13.3 Å². The lowest BCUT2D eigenvalue weighted by molar-refractivity contribution is -0.156. The van der Waals surface area contributed by atoms with Crippen molar-refractivity contribution < 1.29 is 28.6 Å². The van der Waals surface area contributed by atoms with Gasteiger partial charge in [-0.25, -0.2) is 10.4 Å². The van der Waals surface area contributed by atoms with Crippen molar-refractivity contribution in [2.24, 2.45) is 17.3 Å². The van der Waals surface area contributed by atoms with Crippen molar-refractivity contribution in [3.63, 3.8) is 0 Å². The fourth-order valence-corrected chi connectivity index (χ4v) is 8.80. The number of cyclic esters (lactones) is 1. The Hall–Kier alpha value is -2.07. The van der Waals surface area contributed by atoms with Crippen molar-refractivity contribution in [2.45, 2.75) is 98.1 Å². The summed E-state index contributed by atoms with van der Waals surface area (Å²) in [7, 11) is 1.69. The first-order chi connectivity index (χ1) is 25.9. The smallest absolute Gasteiger partial charge is 0.324 e. The van der Waals surface area contributed by atoms with Gasteiger partial charge in [-0.1, -0.05) is 26.8 Å². The zero-order chi connectivity index (χ0) is 38.3. The average molecular weight is 961 g/mol. The van der Waals surface area contributed by atoms with Crippen LogP contribution >= 0.6 is 92.3 Å². The summed E-state index contributed by atoms with van der Waals surface area (Å²) in [5.74, 6) is -0.860. The molecule has 5 heterocycles. The zero-order valence-corrected chi connectivity index (χ0v) is 42.1. The van der Waals surface area contributed by atoms with E-state index >= 15 is 0 Å². The summed E-state index contributed by atoms with van der Waals surface area (Å²) in [6, 6.07) is 8.71. The first-order valence-corrected chi connectivity index (χ1v) is 20.1. The molecule has 2 fully saturated rings. The Morgan fingerprint density at radius 2 is 1.83 bits per heavy atom. The largest absolute Gasteiger partial charge is 0.464 e. The number of rotatable bonds is 8. The van der Waals surface area contributed by atoms with E-state index in [9.17, 15) is 14.4 Å². The van der Waals surface area contributed by atoms with Crippen molar-refractivity contribution in [3.8, 4) is 22.5 Å². The monoisotopic (exact) mass is 960 g/mol. The van der Waals surface area contributed by atoms with Gasteiger partial charge in [-0.15, -0.1) is 11.3 Å². The standard InChI is InChI=1S/C41H52N6O6S.6H2S/c1-8-46-32-15-14-25-19-28(32)29(35(46)26-12-10-16-42-33(26)24(4)51-7)20-41(5,6)22-53-40(50)30-13-11-17-47(45-30)39(49)34(44-37(48)27-18-23(27)3)36(52-9-2)38-43-31(25)21-54-38;;;;;;/h10,12,14-16,19,21,23-24,27,30,34,36,45H,8-9,11,13,17-18,20,22H2,1-7H3,(H,44,48);6*1H2/t23-,24-,27-,30-,34-,36-;;;;;;/m0....../s1. The van der Waals surface area contributed by atoms with Crippen molar-refractivity contribution in [3.05, 3.63) is 58.2 Å². The molecular weight excluding hydrogens is 897 g/mol. The molecule has 19 heteroatoms. The zero-order valence-electron chi connectivity index (χ0n) is 35.3. The highest BCUT2D eigenvalue weighted by Crippen LogP contribution is 2.43. The number of thiazole rings is 1. The predicted octanol–water partition coefficient (Wildman–Crippen LogP) is 7.07. The summed E-state index contributed by atoms with van der Waals surface area (Å²) in [6.45, 7) is 13.8. The molecule has 0 radical (unpaired) electrons. The van der Waals surface area contributed by atoms with Gasteiger partial charge in [0.15, 0.2) is 0 Å². The number of pyridine rings is 1. The molecule has 0 unspecified atom stereocenters. The van der Waals surface area contributed by atoms with Crippen molar-refractivity contribution in [1.29, 1.82) is 0 Å². The number of nitrogens with one attached hydrogen (secondary N) is 2. The third-order valence-corrected chi connectivity index (χ3v) is 11.9. The van der Waals surface area contributed by atoms with Crippen molar-refractivity contribution >= 4 is 121 Å². The van der Waals surface area contributed by atoms with Crippen LogP contribution in [0.25, 0.3) is 33.4 Å². The molecule has 336 valence electrons. The molecule has 6 bridgehead atoms. The highest BCUT2D eigenvalue weighted by Gasteiger charge is 2.45. The topological polar surface area (TPSA) is 137 Å². The molecule has 2 N–H and O–H groups in total. The normalized spacial score (nSPS) is 22.4. The van der Waals surface area contributed by atoms with E-state index in [1.807, 2.05) is 32.2 Å². The van der Waals surface area contributed by atoms with Gasteiger partial charge >= 0.3 is 5.97 Å². The molecule has 2 amide bonds. The van der Waals surface area contributed by atoms with Gasteiger partial charge in [-0.2, -0.15) is 81.0 Å². The van der Waals surface area contributed by atoms with E-state index in [-0.39, 0.29) is 117 Å². The van der Waals surface area contributed by atoms with Gasteiger partial charge in [0.1, 0.15) is 23.2 Å². The van der Waals surface area contributed by atoms with Gasteiger partial charge in [0, 0.05) is 71.7 Å². The van der Waals surface area contributed by atoms with E-state index in [1.165, 1.54) is 16.3 Å². The van der Waals surface area contributed by atoms with Gasteiger partial charge in [-0.05, 0) is 82.2 Å². The fraction of sp³-hybridized carbons (Fsp3) is 0.537. The number of esters is 1. The molecule has 3 aromatic heterocycles. The summed E-state index contributed by atoms with van der Waals surface area (Å²) in [4.78, 5) is 51.5. The third-order valence-electron chi connectivity index (χ3n) is 11.0. The van der Waals surface area contributed by atoms with Crippen LogP contribution < -0.4 is 10.7 Å². The quantitative estimate of drug-likeness (QED) is 0.178. The Balaban J connectivity index is 0.00000300. The molecule has 1 saturated heterocycles. The van der Waals surface area contributed by atoms with Crippen LogP contribution in [0.2, 0.25) is 0 Å². The summed E-state index contributed by atoms with van der Waals surface area (Å²) >= 11 is 1.41. The predicted molar refractivity (Wildman–Crippen MR) is 270 cm³/mol. The van der Waals surface area contributed by atoms with E-state index < -0.39 is 29.6 Å². The minimum absolute atomic E-state index is 0. The Labute approximate surface area is 400 Å². The number of aromatic nitrogens is 3. The number of hydrogen-bond donors (Lipinski definition) is 2. The van der Waals surface area contributed by atoms with Crippen LogP contribution in [0.3, 0.4) is 0 Å². The lowest BCUT2D eigenvalue weighted by atomic mass is 9.84. The highest BCUT2D eigenvalue weighted by atomic mass is 32.1. The summed E-state index contributed by atoms with van der Waals surface area (Å²) < 4.78 is 20.5. The summed E-state index contributed by atoms with van der Waals surface area (Å²) in [5, 5.41) is 8.16. The van der Waals surface area contributed by atoms with Crippen LogP contribution in [0.4, 0.5) is 0 Å². The third kappa shape index (κ3) is 11.5. The summed E-state index contributed by atoms with van der Waals surface area (Å²) in [5.41, 5.74) is 9.47. The second-order valence-corrected chi connectivity index (χ2v) is 16.5. The molecule has 7 rings (SSSR count). The molecule has 60 heavy (non-hydrogen) atoms. The lowest BCUT2D eigenvalue weighted by Crippen LogP contribution is -2.61. The van der Waals surface area contributed by atoms with Gasteiger partial charge in [0.2, 0.25) is 5.91 Å². The SMILES string of the molecule is CCO[C@@H]1c2nc(cs2)-c2ccc3c(c2)c(c(-c2cccnc2[C@H](C)OC)n3CC)CC(C)(C)COC(=O)[C@@H]2CCCN(N2)C(=O)[C@H]1NC(=O)[C@H]1C[C@@H]1C.S.S.S.S.S.S. The molecule has 1 saturated carbocycles. The maximum absolute atomic E-state index is 14.4. The number of aryl methyl sites for hydroxylation is 1. The molecule has 3 aliphatic rings. The highest BCUT2D eigenvalue weighted by molar-refractivity contribution is 7.60. The van der Waals surface area contributed by atoms with Crippen molar-refractivity contribution in [2.75, 3.05) is 26.9 Å². The van der Waals surface area contributed by atoms with E-state index in [2.05, 4.69) is 60.3 Å². The second-order valence-electron chi connectivity index (χ2n) is 15.6. The first kappa shape index (κ1) is 55.9. The molecule has 4 aromatic rings. The molecule has 2 aliphatic heterocycles. The number of carbonyl (C=O) groups is 3. The molecule has 12 nitrogen and oxygen atoms in total. The Bertz CT molecular complexity index is 2060. The summed E-state index contributed by atoms with van der Waals surface area (Å²) in [6.07, 6.45) is 3.22. The van der Waals surface area contributed by atoms with Crippen molar-refractivity contribution in [1.82, 2.24) is 30.3 Å². The number of ether oxygens (including phenoxy) is 3. The fourth-order valence-electron chi connectivity index (χ4n) is 7.89. The number of fused-ring (bicyclic) bond motifs is 6. The van der Waals surface area contributed by atoms with Crippen LogP contribution in [-0.2, 0) is 41.6 Å². The van der Waals surface area contributed by atoms with E-state index in [0.717, 1.165) is 57.6 Å². The Morgan fingerprint density at radius 1 is 1.12 bits per heavy atom. The molecule has 6 atom stereocenters. The number of methoxy groups -OCH3 is 1. The van der Waals surface area contributed by atoms with E-state index in [4.69, 9.17) is 24.2 Å². The van der Waals surface area contributed by atoms with Gasteiger partial charge < -0.3 is 24.1 Å². The Morgan fingerprint density at radius 3 is 2.48 bits per heavy atom. The average Bonchev–Trinajstić information content (AvgIpc) is 3.58. The number of hydrazine groups is 1. The van der Waals surface area contributed by atoms with Crippen LogP contribution in [0.15, 0.2) is 41.9 Å². The van der Waals surface area contributed by atoms with E-state index in [0.29, 0.717) is 37.4 Å². The number of nitrogens with zero attached hydrogens (tertiary/aromatic N) is 4. The number of benzene rings is 1. The number of hydrogen-bond acceptors (Lipinski definition) is 10. The maximum atomic E-state index is 14.4. The molecule has 0 spiro atoms. The van der Waals surface area contributed by atoms with Gasteiger partial charge in [-0.3, -0.25) is 24.4 Å². The molecular formula is C41H64N6O6S7. The molecule has 1 aliphatic carbocycles.